The van der Waals surface area contributed by atoms with Crippen LogP contribution in [0.5, 0.6) is 0 Å². The van der Waals surface area contributed by atoms with Crippen LogP contribution in [0, 0.1) is 16.0 Å². The van der Waals surface area contributed by atoms with Gasteiger partial charge in [0.1, 0.15) is 17.9 Å². The van der Waals surface area contributed by atoms with Gasteiger partial charge in [0.05, 0.1) is 24.2 Å². The highest BCUT2D eigenvalue weighted by Gasteiger charge is 2.45. The zero-order chi connectivity index (χ0) is 22.4. The fourth-order valence-corrected chi connectivity index (χ4v) is 3.38. The summed E-state index contributed by atoms with van der Waals surface area (Å²) in [7, 11) is 0. The molecule has 0 radical (unpaired) electrons. The summed E-state index contributed by atoms with van der Waals surface area (Å²) in [5, 5.41) is 11.3. The third-order valence-electron chi connectivity index (χ3n) is 4.71. The summed E-state index contributed by atoms with van der Waals surface area (Å²) >= 11 is 0. The SMILES string of the molecule is CCOC(=O)N1C(C)N=C(C)C(C(=O)OCCC(C)=O)C1c1cccc([N+](=O)[O-])c1. The molecule has 0 spiro atoms. The first-order valence-electron chi connectivity index (χ1n) is 9.57. The van der Waals surface area contributed by atoms with Crippen molar-refractivity contribution in [2.24, 2.45) is 10.9 Å². The number of amides is 1. The lowest BCUT2D eigenvalue weighted by Crippen LogP contribution is -2.51. The second-order valence-electron chi connectivity index (χ2n) is 6.90. The van der Waals surface area contributed by atoms with Gasteiger partial charge in [0.2, 0.25) is 0 Å². The molecular weight excluding hydrogens is 394 g/mol. The standard InChI is InChI=1S/C20H25N3O7/c1-5-29-20(26)22-14(4)21-13(3)17(19(25)30-10-9-12(2)24)18(22)15-7-6-8-16(11-15)23(27)28/h6-8,11,14,17-18H,5,9-10H2,1-4H3. The number of non-ortho nitro benzene ring substituents is 1. The number of carbonyl (C=O) groups is 3. The van der Waals surface area contributed by atoms with E-state index in [2.05, 4.69) is 4.99 Å². The molecule has 3 atom stereocenters. The number of aliphatic imine (C=N–C) groups is 1. The average Bonchev–Trinajstić information content (AvgIpc) is 2.67. The van der Waals surface area contributed by atoms with E-state index in [9.17, 15) is 24.5 Å². The van der Waals surface area contributed by atoms with Crippen LogP contribution >= 0.6 is 0 Å². The number of carbonyl (C=O) groups excluding carboxylic acids is 3. The van der Waals surface area contributed by atoms with Crippen LogP contribution in [0.3, 0.4) is 0 Å². The molecule has 10 nitrogen and oxygen atoms in total. The van der Waals surface area contributed by atoms with Gasteiger partial charge in [-0.05, 0) is 33.3 Å². The van der Waals surface area contributed by atoms with Gasteiger partial charge in [0, 0.05) is 24.3 Å². The largest absolute Gasteiger partial charge is 0.465 e. The Balaban J connectivity index is 2.52. The van der Waals surface area contributed by atoms with Gasteiger partial charge in [-0.15, -0.1) is 0 Å². The van der Waals surface area contributed by atoms with Crippen LogP contribution in [-0.4, -0.2) is 52.8 Å². The third-order valence-corrected chi connectivity index (χ3v) is 4.71. The highest BCUT2D eigenvalue weighted by molar-refractivity contribution is 6.03. The van der Waals surface area contributed by atoms with Gasteiger partial charge >= 0.3 is 12.1 Å². The highest BCUT2D eigenvalue weighted by Crippen LogP contribution is 2.38. The van der Waals surface area contributed by atoms with Crippen molar-refractivity contribution >= 4 is 29.2 Å². The predicted octanol–water partition coefficient (Wildman–Crippen LogP) is 3.05. The summed E-state index contributed by atoms with van der Waals surface area (Å²) in [4.78, 5) is 53.1. The summed E-state index contributed by atoms with van der Waals surface area (Å²) in [5.41, 5.74) is 0.632. The Morgan fingerprint density at radius 1 is 1.27 bits per heavy atom. The molecule has 2 rings (SSSR count). The molecule has 162 valence electrons. The molecule has 0 fully saturated rings. The molecule has 30 heavy (non-hydrogen) atoms. The number of hydrogen-bond acceptors (Lipinski definition) is 8. The van der Waals surface area contributed by atoms with Crippen molar-refractivity contribution in [2.45, 2.75) is 46.3 Å². The van der Waals surface area contributed by atoms with Crippen LogP contribution < -0.4 is 0 Å². The van der Waals surface area contributed by atoms with Gasteiger partial charge in [-0.3, -0.25) is 29.6 Å². The summed E-state index contributed by atoms with van der Waals surface area (Å²) in [6.45, 7) is 6.35. The number of Topliss-reactive ketones (excluding diaryl/α,β-unsaturated/α-hetero) is 1. The van der Waals surface area contributed by atoms with E-state index in [0.29, 0.717) is 11.3 Å². The van der Waals surface area contributed by atoms with Gasteiger partial charge in [-0.2, -0.15) is 0 Å². The van der Waals surface area contributed by atoms with E-state index in [1.54, 1.807) is 26.8 Å². The van der Waals surface area contributed by atoms with Crippen LogP contribution in [0.4, 0.5) is 10.5 Å². The second kappa shape index (κ2) is 9.95. The number of nitro benzene ring substituents is 1. The van der Waals surface area contributed by atoms with Crippen LogP contribution in [0.1, 0.15) is 45.7 Å². The molecule has 0 aromatic heterocycles. The van der Waals surface area contributed by atoms with E-state index in [1.165, 1.54) is 30.0 Å². The molecule has 1 heterocycles. The normalized spacial score (nSPS) is 20.9. The first kappa shape index (κ1) is 23.0. The molecule has 0 bridgehead atoms. The lowest BCUT2D eigenvalue weighted by atomic mass is 9.86. The molecular formula is C20H25N3O7. The third kappa shape index (κ3) is 5.19. The van der Waals surface area contributed by atoms with Crippen molar-refractivity contribution in [3.8, 4) is 0 Å². The van der Waals surface area contributed by atoms with E-state index in [1.807, 2.05) is 0 Å². The highest BCUT2D eigenvalue weighted by atomic mass is 16.6. The lowest BCUT2D eigenvalue weighted by molar-refractivity contribution is -0.385. The minimum atomic E-state index is -1.00. The summed E-state index contributed by atoms with van der Waals surface area (Å²) in [6, 6.07) is 4.82. The number of hydrogen-bond donors (Lipinski definition) is 0. The van der Waals surface area contributed by atoms with Crippen LogP contribution in [-0.2, 0) is 19.1 Å². The molecule has 1 aromatic rings. The average molecular weight is 419 g/mol. The Morgan fingerprint density at radius 2 is 1.97 bits per heavy atom. The maximum absolute atomic E-state index is 12.9. The minimum absolute atomic E-state index is 0.0636. The number of nitrogens with zero attached hydrogens (tertiary/aromatic N) is 3. The first-order valence-corrected chi connectivity index (χ1v) is 9.57. The Kier molecular flexibility index (Phi) is 7.62. The maximum Gasteiger partial charge on any atom is 0.412 e. The number of benzene rings is 1. The summed E-state index contributed by atoms with van der Waals surface area (Å²) < 4.78 is 10.4. The molecule has 3 unspecified atom stereocenters. The van der Waals surface area contributed by atoms with Crippen molar-refractivity contribution < 1.29 is 28.8 Å². The fraction of sp³-hybridized carbons (Fsp3) is 0.500. The van der Waals surface area contributed by atoms with E-state index < -0.39 is 35.1 Å². The van der Waals surface area contributed by atoms with Gasteiger partial charge in [-0.1, -0.05) is 12.1 Å². The Labute approximate surface area is 174 Å². The Bertz CT molecular complexity index is 868. The quantitative estimate of drug-likeness (QED) is 0.377. The number of esters is 1. The topological polar surface area (TPSA) is 128 Å². The number of nitro groups is 1. The molecule has 0 aliphatic carbocycles. The molecule has 0 saturated carbocycles. The maximum atomic E-state index is 12.9. The number of rotatable bonds is 7. The van der Waals surface area contributed by atoms with Crippen molar-refractivity contribution in [1.82, 2.24) is 4.90 Å². The molecule has 1 aromatic carbocycles. The Morgan fingerprint density at radius 3 is 2.57 bits per heavy atom. The zero-order valence-electron chi connectivity index (χ0n) is 17.4. The monoisotopic (exact) mass is 419 g/mol. The zero-order valence-corrected chi connectivity index (χ0v) is 17.4. The smallest absolute Gasteiger partial charge is 0.412 e. The Hall–Kier alpha value is -3.30. The summed E-state index contributed by atoms with van der Waals surface area (Å²) in [6.07, 6.45) is -1.29. The van der Waals surface area contributed by atoms with Crippen molar-refractivity contribution in [2.75, 3.05) is 13.2 Å². The first-order chi connectivity index (χ1) is 14.2. The van der Waals surface area contributed by atoms with Crippen LogP contribution in [0.15, 0.2) is 29.3 Å². The van der Waals surface area contributed by atoms with E-state index >= 15 is 0 Å². The van der Waals surface area contributed by atoms with Gasteiger partial charge in [0.25, 0.3) is 5.69 Å². The molecule has 1 aliphatic rings. The number of ketones is 1. The molecule has 1 amide bonds. The second-order valence-corrected chi connectivity index (χ2v) is 6.90. The molecule has 0 saturated heterocycles. The predicted molar refractivity (Wildman–Crippen MR) is 107 cm³/mol. The fourth-order valence-electron chi connectivity index (χ4n) is 3.38. The van der Waals surface area contributed by atoms with Gasteiger partial charge in [0.15, 0.2) is 0 Å². The van der Waals surface area contributed by atoms with Gasteiger partial charge < -0.3 is 9.47 Å². The molecule has 10 heteroatoms. The van der Waals surface area contributed by atoms with Crippen LogP contribution in [0.25, 0.3) is 0 Å². The van der Waals surface area contributed by atoms with Crippen molar-refractivity contribution in [3.05, 3.63) is 39.9 Å². The van der Waals surface area contributed by atoms with E-state index in [0.717, 1.165) is 0 Å². The molecule has 0 N–H and O–H groups in total. The molecule has 1 aliphatic heterocycles. The lowest BCUT2D eigenvalue weighted by Gasteiger charge is -2.41. The van der Waals surface area contributed by atoms with Crippen molar-refractivity contribution in [3.63, 3.8) is 0 Å². The van der Waals surface area contributed by atoms with Crippen molar-refractivity contribution in [1.29, 1.82) is 0 Å². The number of ether oxygens (including phenoxy) is 2. The van der Waals surface area contributed by atoms with E-state index in [4.69, 9.17) is 9.47 Å². The minimum Gasteiger partial charge on any atom is -0.465 e. The summed E-state index contributed by atoms with van der Waals surface area (Å²) in [5.74, 6) is -1.80. The van der Waals surface area contributed by atoms with Crippen LogP contribution in [0.2, 0.25) is 0 Å². The van der Waals surface area contributed by atoms with Gasteiger partial charge in [-0.25, -0.2) is 4.79 Å². The van der Waals surface area contributed by atoms with E-state index in [-0.39, 0.29) is 31.1 Å².